The first-order valence-electron chi connectivity index (χ1n) is 5.00. The molecule has 1 aliphatic rings. The lowest BCUT2D eigenvalue weighted by Gasteiger charge is -2.05. The van der Waals surface area contributed by atoms with E-state index in [2.05, 4.69) is 11.9 Å². The second-order valence-corrected chi connectivity index (χ2v) is 3.77. The van der Waals surface area contributed by atoms with Gasteiger partial charge in [0.15, 0.2) is 5.89 Å². The Labute approximate surface area is 78.3 Å². The van der Waals surface area contributed by atoms with Gasteiger partial charge in [-0.15, -0.1) is 0 Å². The molecule has 1 aromatic heterocycles. The summed E-state index contributed by atoms with van der Waals surface area (Å²) in [5.41, 5.74) is 6.73. The Morgan fingerprint density at radius 2 is 2.23 bits per heavy atom. The first-order valence-corrected chi connectivity index (χ1v) is 5.00. The first kappa shape index (κ1) is 8.75. The number of aryl methyl sites for hydroxylation is 2. The molecule has 72 valence electrons. The van der Waals surface area contributed by atoms with Gasteiger partial charge in [0.05, 0.1) is 5.69 Å². The quantitative estimate of drug-likeness (QED) is 0.752. The molecule has 0 bridgehead atoms. The molecule has 1 aliphatic carbocycles. The van der Waals surface area contributed by atoms with Crippen LogP contribution in [0.2, 0.25) is 0 Å². The van der Waals surface area contributed by atoms with Crippen molar-refractivity contribution in [2.45, 2.75) is 38.5 Å². The van der Waals surface area contributed by atoms with Gasteiger partial charge >= 0.3 is 0 Å². The number of rotatable bonds is 2. The summed E-state index contributed by atoms with van der Waals surface area (Å²) in [6.07, 6.45) is 4.62. The summed E-state index contributed by atoms with van der Waals surface area (Å²) < 4.78 is 5.67. The second-order valence-electron chi connectivity index (χ2n) is 3.77. The lowest BCUT2D eigenvalue weighted by molar-refractivity contribution is 0.418. The van der Waals surface area contributed by atoms with E-state index in [-0.39, 0.29) is 5.92 Å². The van der Waals surface area contributed by atoms with E-state index in [1.165, 1.54) is 18.5 Å². The summed E-state index contributed by atoms with van der Waals surface area (Å²) in [6, 6.07) is 0. The summed E-state index contributed by atoms with van der Waals surface area (Å²) in [5, 5.41) is 0. The van der Waals surface area contributed by atoms with Gasteiger partial charge in [0.2, 0.25) is 0 Å². The average Bonchev–Trinajstić information content (AvgIpc) is 2.59. The Balaban J connectivity index is 2.25. The van der Waals surface area contributed by atoms with Crippen LogP contribution in [0.15, 0.2) is 4.42 Å². The summed E-state index contributed by atoms with van der Waals surface area (Å²) in [6.45, 7) is 2.66. The number of hydrogen-bond acceptors (Lipinski definition) is 3. The van der Waals surface area contributed by atoms with Crippen molar-refractivity contribution in [3.8, 4) is 0 Å². The molecule has 1 heterocycles. The number of fused-ring (bicyclic) bond motifs is 1. The van der Waals surface area contributed by atoms with E-state index in [0.29, 0.717) is 6.54 Å². The molecule has 0 fully saturated rings. The van der Waals surface area contributed by atoms with Crippen LogP contribution in [0, 0.1) is 0 Å². The van der Waals surface area contributed by atoms with Gasteiger partial charge in [-0.3, -0.25) is 0 Å². The zero-order valence-corrected chi connectivity index (χ0v) is 8.05. The molecule has 0 radical (unpaired) electrons. The Kier molecular flexibility index (Phi) is 2.36. The van der Waals surface area contributed by atoms with Gasteiger partial charge in [-0.1, -0.05) is 6.92 Å². The van der Waals surface area contributed by atoms with Crippen molar-refractivity contribution in [3.63, 3.8) is 0 Å². The summed E-state index contributed by atoms with van der Waals surface area (Å²) in [5.74, 6) is 2.18. The van der Waals surface area contributed by atoms with Crippen molar-refractivity contribution >= 4 is 0 Å². The maximum atomic E-state index is 5.67. The third kappa shape index (κ3) is 1.61. The van der Waals surface area contributed by atoms with Gasteiger partial charge in [-0.05, 0) is 19.3 Å². The van der Waals surface area contributed by atoms with E-state index in [1.54, 1.807) is 0 Å². The van der Waals surface area contributed by atoms with Crippen molar-refractivity contribution < 1.29 is 4.42 Å². The molecule has 1 atom stereocenters. The molecule has 2 N–H and O–H groups in total. The normalized spacial score (nSPS) is 18.3. The van der Waals surface area contributed by atoms with E-state index < -0.39 is 0 Å². The highest BCUT2D eigenvalue weighted by Gasteiger charge is 2.19. The van der Waals surface area contributed by atoms with Crippen LogP contribution < -0.4 is 5.73 Å². The minimum Gasteiger partial charge on any atom is -0.445 e. The maximum Gasteiger partial charge on any atom is 0.198 e. The minimum atomic E-state index is 0.255. The maximum absolute atomic E-state index is 5.67. The molecule has 0 spiro atoms. The highest BCUT2D eigenvalue weighted by Crippen LogP contribution is 2.24. The molecule has 3 nitrogen and oxygen atoms in total. The van der Waals surface area contributed by atoms with Crippen molar-refractivity contribution in [1.82, 2.24) is 4.98 Å². The van der Waals surface area contributed by atoms with Crippen LogP contribution in [0.4, 0.5) is 0 Å². The second kappa shape index (κ2) is 3.50. The molecule has 0 amide bonds. The molecule has 1 aromatic rings. The highest BCUT2D eigenvalue weighted by atomic mass is 16.4. The minimum absolute atomic E-state index is 0.255. The van der Waals surface area contributed by atoms with Gasteiger partial charge < -0.3 is 10.2 Å². The summed E-state index contributed by atoms with van der Waals surface area (Å²) in [4.78, 5) is 4.47. The van der Waals surface area contributed by atoms with Crippen molar-refractivity contribution in [2.24, 2.45) is 5.73 Å². The number of hydrogen-bond donors (Lipinski definition) is 1. The standard InChI is InChI=1S/C10H16N2O/c1-7(6-11)10-12-8-4-2-3-5-9(8)13-10/h7H,2-6,11H2,1H3. The molecule has 3 heteroatoms. The fraction of sp³-hybridized carbons (Fsp3) is 0.700. The molecule has 0 aliphatic heterocycles. The molecule has 0 saturated carbocycles. The van der Waals surface area contributed by atoms with Crippen LogP contribution in [-0.2, 0) is 12.8 Å². The van der Waals surface area contributed by atoms with Gasteiger partial charge in [0, 0.05) is 18.9 Å². The lowest BCUT2D eigenvalue weighted by atomic mass is 10.0. The highest BCUT2D eigenvalue weighted by molar-refractivity contribution is 5.14. The monoisotopic (exact) mass is 180 g/mol. The van der Waals surface area contributed by atoms with Crippen LogP contribution in [0.1, 0.15) is 43.0 Å². The van der Waals surface area contributed by atoms with Crippen molar-refractivity contribution in [3.05, 3.63) is 17.3 Å². The molecule has 0 saturated heterocycles. The van der Waals surface area contributed by atoms with Crippen LogP contribution >= 0.6 is 0 Å². The Bertz CT molecular complexity index is 270. The molecule has 0 aromatic carbocycles. The van der Waals surface area contributed by atoms with Crippen LogP contribution in [0.3, 0.4) is 0 Å². The zero-order chi connectivity index (χ0) is 9.26. The van der Waals surface area contributed by atoms with Crippen LogP contribution in [-0.4, -0.2) is 11.5 Å². The fourth-order valence-corrected chi connectivity index (χ4v) is 1.68. The lowest BCUT2D eigenvalue weighted by Crippen LogP contribution is -2.09. The number of nitrogens with two attached hydrogens (primary N) is 1. The van der Waals surface area contributed by atoms with E-state index in [4.69, 9.17) is 10.2 Å². The summed E-state index contributed by atoms with van der Waals surface area (Å²) in [7, 11) is 0. The molecule has 1 unspecified atom stereocenters. The average molecular weight is 180 g/mol. The Morgan fingerprint density at radius 3 is 2.92 bits per heavy atom. The topological polar surface area (TPSA) is 52.0 Å². The van der Waals surface area contributed by atoms with Crippen LogP contribution in [0.5, 0.6) is 0 Å². The molecular formula is C10H16N2O. The smallest absolute Gasteiger partial charge is 0.198 e. The van der Waals surface area contributed by atoms with E-state index >= 15 is 0 Å². The third-order valence-corrected chi connectivity index (χ3v) is 2.64. The van der Waals surface area contributed by atoms with Gasteiger partial charge in [0.1, 0.15) is 5.76 Å². The summed E-state index contributed by atoms with van der Waals surface area (Å²) >= 11 is 0. The third-order valence-electron chi connectivity index (χ3n) is 2.64. The van der Waals surface area contributed by atoms with Gasteiger partial charge in [0.25, 0.3) is 0 Å². The van der Waals surface area contributed by atoms with Crippen molar-refractivity contribution in [2.75, 3.05) is 6.54 Å². The first-order chi connectivity index (χ1) is 6.31. The Morgan fingerprint density at radius 1 is 1.46 bits per heavy atom. The molecule has 2 rings (SSSR count). The van der Waals surface area contributed by atoms with E-state index in [9.17, 15) is 0 Å². The van der Waals surface area contributed by atoms with E-state index in [0.717, 1.165) is 24.5 Å². The zero-order valence-electron chi connectivity index (χ0n) is 8.05. The Hall–Kier alpha value is -0.830. The largest absolute Gasteiger partial charge is 0.445 e. The molecular weight excluding hydrogens is 164 g/mol. The van der Waals surface area contributed by atoms with Crippen LogP contribution in [0.25, 0.3) is 0 Å². The van der Waals surface area contributed by atoms with Gasteiger partial charge in [-0.25, -0.2) is 4.98 Å². The van der Waals surface area contributed by atoms with Crippen molar-refractivity contribution in [1.29, 1.82) is 0 Å². The number of nitrogens with zero attached hydrogens (tertiary/aromatic N) is 1. The number of oxazole rings is 1. The van der Waals surface area contributed by atoms with Gasteiger partial charge in [-0.2, -0.15) is 0 Å². The number of aromatic nitrogens is 1. The predicted molar refractivity (Wildman–Crippen MR) is 50.6 cm³/mol. The van der Waals surface area contributed by atoms with E-state index in [1.807, 2.05) is 0 Å². The molecule has 13 heavy (non-hydrogen) atoms. The predicted octanol–water partition coefficient (Wildman–Crippen LogP) is 1.62. The fourth-order valence-electron chi connectivity index (χ4n) is 1.68. The SMILES string of the molecule is CC(CN)c1nc2c(o1)CCCC2.